The predicted molar refractivity (Wildman–Crippen MR) is 171 cm³/mol. The zero-order valence-electron chi connectivity index (χ0n) is 26.1. The lowest BCUT2D eigenvalue weighted by atomic mass is 9.87. The molecule has 0 radical (unpaired) electrons. The Balaban J connectivity index is 2.08. The summed E-state index contributed by atoms with van der Waals surface area (Å²) in [5.41, 5.74) is 3.56. The van der Waals surface area contributed by atoms with E-state index in [-0.39, 0.29) is 24.3 Å². The zero-order valence-corrected chi connectivity index (χ0v) is 27.0. The number of hydrogen-bond acceptors (Lipinski definition) is 4. The van der Waals surface area contributed by atoms with Crippen molar-refractivity contribution in [1.82, 2.24) is 10.2 Å². The highest BCUT2D eigenvalue weighted by Crippen LogP contribution is 2.27. The molecular formula is C34H45N3O4S. The van der Waals surface area contributed by atoms with E-state index in [1.807, 2.05) is 94.4 Å². The van der Waals surface area contributed by atoms with E-state index in [1.54, 1.807) is 12.1 Å². The molecular weight excluding hydrogens is 546 g/mol. The summed E-state index contributed by atoms with van der Waals surface area (Å²) >= 11 is 0. The van der Waals surface area contributed by atoms with Gasteiger partial charge in [-0.2, -0.15) is 0 Å². The van der Waals surface area contributed by atoms with Gasteiger partial charge in [-0.15, -0.1) is 0 Å². The number of amides is 2. The summed E-state index contributed by atoms with van der Waals surface area (Å²) in [6, 6.07) is 23.6. The Morgan fingerprint density at radius 3 is 1.93 bits per heavy atom. The molecule has 1 unspecified atom stereocenters. The van der Waals surface area contributed by atoms with Gasteiger partial charge in [0.15, 0.2) is 0 Å². The van der Waals surface area contributed by atoms with Crippen LogP contribution >= 0.6 is 0 Å². The first-order valence-electron chi connectivity index (χ1n) is 14.2. The van der Waals surface area contributed by atoms with Crippen LogP contribution in [0.2, 0.25) is 0 Å². The van der Waals surface area contributed by atoms with Crippen LogP contribution in [0, 0.1) is 6.92 Å². The van der Waals surface area contributed by atoms with Crippen molar-refractivity contribution in [2.24, 2.45) is 0 Å². The number of carbonyl (C=O) groups is 2. The number of aryl methyl sites for hydroxylation is 1. The van der Waals surface area contributed by atoms with Gasteiger partial charge in [-0.05, 0) is 67.5 Å². The molecule has 0 saturated heterocycles. The minimum atomic E-state index is -3.82. The molecule has 3 rings (SSSR count). The molecule has 1 atom stereocenters. The number of nitrogens with zero attached hydrogens (tertiary/aromatic N) is 2. The van der Waals surface area contributed by atoms with E-state index in [9.17, 15) is 18.0 Å². The third-order valence-electron chi connectivity index (χ3n) is 7.07. The maximum absolute atomic E-state index is 14.3. The maximum atomic E-state index is 14.3. The number of sulfonamides is 1. The lowest BCUT2D eigenvalue weighted by Crippen LogP contribution is -2.56. The van der Waals surface area contributed by atoms with Crippen LogP contribution in [0.3, 0.4) is 0 Å². The van der Waals surface area contributed by atoms with Gasteiger partial charge < -0.3 is 10.2 Å². The molecule has 0 fully saturated rings. The summed E-state index contributed by atoms with van der Waals surface area (Å²) in [5.74, 6) is -0.762. The number of benzene rings is 3. The van der Waals surface area contributed by atoms with E-state index in [2.05, 4.69) is 26.1 Å². The quantitative estimate of drug-likeness (QED) is 0.332. The normalized spacial score (nSPS) is 12.9. The molecule has 2 amide bonds. The first-order valence-corrected chi connectivity index (χ1v) is 16.1. The van der Waals surface area contributed by atoms with Gasteiger partial charge in [-0.3, -0.25) is 13.9 Å². The molecule has 0 saturated carbocycles. The molecule has 3 aromatic rings. The van der Waals surface area contributed by atoms with E-state index in [4.69, 9.17) is 0 Å². The van der Waals surface area contributed by atoms with Crippen LogP contribution in [-0.4, -0.2) is 49.5 Å². The molecule has 8 heteroatoms. The first-order chi connectivity index (χ1) is 19.5. The largest absolute Gasteiger partial charge is 0.350 e. The molecule has 0 aliphatic carbocycles. The topological polar surface area (TPSA) is 86.8 Å². The molecule has 0 aliphatic heterocycles. The Hall–Kier alpha value is -3.65. The van der Waals surface area contributed by atoms with Gasteiger partial charge in [0.1, 0.15) is 12.6 Å². The van der Waals surface area contributed by atoms with Crippen molar-refractivity contribution in [2.75, 3.05) is 17.1 Å². The molecule has 0 spiro atoms. The van der Waals surface area contributed by atoms with Crippen LogP contribution in [0.25, 0.3) is 0 Å². The lowest BCUT2D eigenvalue weighted by Gasteiger charge is -2.35. The summed E-state index contributed by atoms with van der Waals surface area (Å²) < 4.78 is 27.2. The van der Waals surface area contributed by atoms with Gasteiger partial charge in [0, 0.05) is 18.5 Å². The minimum Gasteiger partial charge on any atom is -0.350 e. The molecule has 0 bridgehead atoms. The number of rotatable bonds is 10. The third kappa shape index (κ3) is 9.18. The number of nitrogens with one attached hydrogen (secondary N) is 1. The van der Waals surface area contributed by atoms with Gasteiger partial charge in [-0.25, -0.2) is 8.42 Å². The fraction of sp³-hybridized carbons (Fsp3) is 0.412. The van der Waals surface area contributed by atoms with Crippen LogP contribution in [0.4, 0.5) is 5.69 Å². The van der Waals surface area contributed by atoms with Crippen molar-refractivity contribution >= 4 is 27.5 Å². The van der Waals surface area contributed by atoms with E-state index in [0.29, 0.717) is 5.69 Å². The molecule has 1 N–H and O–H groups in total. The molecule has 3 aromatic carbocycles. The van der Waals surface area contributed by atoms with Crippen LogP contribution in [-0.2, 0) is 38.0 Å². The molecule has 226 valence electrons. The summed E-state index contributed by atoms with van der Waals surface area (Å²) in [5, 5.41) is 3.05. The molecule has 7 nitrogen and oxygen atoms in total. The maximum Gasteiger partial charge on any atom is 0.244 e. The van der Waals surface area contributed by atoms with Gasteiger partial charge in [0.25, 0.3) is 0 Å². The summed E-state index contributed by atoms with van der Waals surface area (Å²) in [6.07, 6.45) is 1.37. The zero-order chi connectivity index (χ0) is 31.3. The summed E-state index contributed by atoms with van der Waals surface area (Å²) in [6.45, 7) is 13.6. The van der Waals surface area contributed by atoms with Crippen LogP contribution in [0.15, 0.2) is 78.9 Å². The molecule has 0 aromatic heterocycles. The highest BCUT2D eigenvalue weighted by atomic mass is 32.2. The first kappa shape index (κ1) is 32.9. The van der Waals surface area contributed by atoms with Crippen molar-refractivity contribution in [3.8, 4) is 0 Å². The van der Waals surface area contributed by atoms with Crippen LogP contribution in [0.1, 0.15) is 63.8 Å². The van der Waals surface area contributed by atoms with E-state index in [0.717, 1.165) is 32.8 Å². The SMILES string of the molecule is Cc1ccccc1CN(C(=O)CN(c1ccc(C(C)(C)C)cc1)S(C)(=O)=O)C(Cc1ccccc1)C(=O)NC(C)(C)C. The standard InChI is InChI=1S/C34H45N3O4S/c1-25-14-12-13-17-27(25)23-36(30(32(39)35-34(5,6)7)22-26-15-10-9-11-16-26)31(38)24-37(42(8,40)41)29-20-18-28(19-21-29)33(2,3)4/h9-21,30H,22-24H2,1-8H3,(H,35,39). The van der Waals surface area contributed by atoms with Crippen molar-refractivity contribution in [2.45, 2.75) is 78.4 Å². The van der Waals surface area contributed by atoms with Gasteiger partial charge in [0.2, 0.25) is 21.8 Å². The Bertz CT molecular complexity index is 1470. The highest BCUT2D eigenvalue weighted by molar-refractivity contribution is 7.92. The summed E-state index contributed by atoms with van der Waals surface area (Å²) in [7, 11) is -3.82. The van der Waals surface area contributed by atoms with Crippen molar-refractivity contribution in [3.05, 3.63) is 101 Å². The number of anilines is 1. The summed E-state index contributed by atoms with van der Waals surface area (Å²) in [4.78, 5) is 29.6. The Morgan fingerprint density at radius 2 is 1.40 bits per heavy atom. The second kappa shape index (κ2) is 13.1. The Morgan fingerprint density at radius 1 is 0.833 bits per heavy atom. The third-order valence-corrected chi connectivity index (χ3v) is 8.21. The lowest BCUT2D eigenvalue weighted by molar-refractivity contribution is -0.140. The smallest absolute Gasteiger partial charge is 0.244 e. The monoisotopic (exact) mass is 591 g/mol. The van der Waals surface area contributed by atoms with E-state index < -0.39 is 34.1 Å². The Kier molecular flexibility index (Phi) is 10.3. The second-order valence-corrected chi connectivity index (χ2v) is 14.9. The van der Waals surface area contributed by atoms with Crippen molar-refractivity contribution in [3.63, 3.8) is 0 Å². The molecule has 0 aliphatic rings. The number of carbonyl (C=O) groups excluding carboxylic acids is 2. The van der Waals surface area contributed by atoms with Crippen LogP contribution < -0.4 is 9.62 Å². The van der Waals surface area contributed by atoms with Crippen molar-refractivity contribution < 1.29 is 18.0 Å². The van der Waals surface area contributed by atoms with Gasteiger partial charge in [0.05, 0.1) is 11.9 Å². The Labute approximate surface area is 252 Å². The molecule has 0 heterocycles. The average molecular weight is 592 g/mol. The predicted octanol–water partition coefficient (Wildman–Crippen LogP) is 5.61. The fourth-order valence-electron chi connectivity index (χ4n) is 4.72. The van der Waals surface area contributed by atoms with E-state index in [1.165, 1.54) is 4.90 Å². The van der Waals surface area contributed by atoms with E-state index >= 15 is 0 Å². The average Bonchev–Trinajstić information content (AvgIpc) is 2.88. The van der Waals surface area contributed by atoms with Gasteiger partial charge >= 0.3 is 0 Å². The van der Waals surface area contributed by atoms with Gasteiger partial charge in [-0.1, -0.05) is 87.5 Å². The minimum absolute atomic E-state index is 0.111. The van der Waals surface area contributed by atoms with Crippen molar-refractivity contribution in [1.29, 1.82) is 0 Å². The highest BCUT2D eigenvalue weighted by Gasteiger charge is 2.34. The fourth-order valence-corrected chi connectivity index (χ4v) is 5.57. The molecule has 42 heavy (non-hydrogen) atoms. The van der Waals surface area contributed by atoms with Crippen LogP contribution in [0.5, 0.6) is 0 Å². The number of hydrogen-bond donors (Lipinski definition) is 1. The second-order valence-electron chi connectivity index (χ2n) is 13.0.